The molecule has 1 saturated heterocycles. The number of nitrogens with zero attached hydrogens (tertiary/aromatic N) is 1. The Labute approximate surface area is 75.9 Å². The zero-order valence-electron chi connectivity index (χ0n) is 8.55. The first-order valence-corrected chi connectivity index (χ1v) is 4.95. The third kappa shape index (κ3) is 2.76. The van der Waals surface area contributed by atoms with E-state index < -0.39 is 0 Å². The Hall–Kier alpha value is -0.0800. The number of rotatable bonds is 3. The molecule has 0 amide bonds. The van der Waals surface area contributed by atoms with Crippen LogP contribution >= 0.6 is 0 Å². The van der Waals surface area contributed by atoms with Gasteiger partial charge in [-0.2, -0.15) is 0 Å². The van der Waals surface area contributed by atoms with Crippen LogP contribution < -0.4 is 0 Å². The van der Waals surface area contributed by atoms with Gasteiger partial charge in [-0.15, -0.1) is 0 Å². The van der Waals surface area contributed by atoms with Gasteiger partial charge in [0, 0.05) is 20.2 Å². The van der Waals surface area contributed by atoms with Crippen molar-refractivity contribution in [1.82, 2.24) is 4.90 Å². The molecule has 0 aromatic heterocycles. The summed E-state index contributed by atoms with van der Waals surface area (Å²) in [6, 6.07) is 0. The summed E-state index contributed by atoms with van der Waals surface area (Å²) in [5, 5.41) is 0. The second-order valence-electron chi connectivity index (χ2n) is 4.04. The van der Waals surface area contributed by atoms with Crippen LogP contribution in [0.15, 0.2) is 0 Å². The topological polar surface area (TPSA) is 12.5 Å². The van der Waals surface area contributed by atoms with E-state index in [1.807, 2.05) is 0 Å². The molecule has 0 aromatic carbocycles. The number of methoxy groups -OCH3 is 1. The summed E-state index contributed by atoms with van der Waals surface area (Å²) in [7, 11) is 1.77. The van der Waals surface area contributed by atoms with E-state index >= 15 is 0 Å². The summed E-state index contributed by atoms with van der Waals surface area (Å²) in [6.07, 6.45) is 1.35. The molecule has 1 aliphatic heterocycles. The van der Waals surface area contributed by atoms with Crippen molar-refractivity contribution in [2.24, 2.45) is 11.8 Å². The van der Waals surface area contributed by atoms with Crippen LogP contribution in [-0.4, -0.2) is 38.3 Å². The van der Waals surface area contributed by atoms with Crippen LogP contribution in [0.4, 0.5) is 0 Å². The monoisotopic (exact) mass is 171 g/mol. The molecular formula is C10H21NO. The summed E-state index contributed by atoms with van der Waals surface area (Å²) >= 11 is 0. The molecule has 2 atom stereocenters. The molecule has 1 rings (SSSR count). The largest absolute Gasteiger partial charge is 0.383 e. The summed E-state index contributed by atoms with van der Waals surface area (Å²) in [6.45, 7) is 9.20. The minimum Gasteiger partial charge on any atom is -0.383 e. The van der Waals surface area contributed by atoms with Crippen molar-refractivity contribution < 1.29 is 4.74 Å². The van der Waals surface area contributed by atoms with Crippen molar-refractivity contribution in [3.63, 3.8) is 0 Å². The Morgan fingerprint density at radius 3 is 2.67 bits per heavy atom. The van der Waals surface area contributed by atoms with Crippen molar-refractivity contribution in [3.05, 3.63) is 0 Å². The first kappa shape index (κ1) is 10.0. The summed E-state index contributed by atoms with van der Waals surface area (Å²) < 4.78 is 5.06. The molecule has 0 spiro atoms. The van der Waals surface area contributed by atoms with Crippen molar-refractivity contribution in [1.29, 1.82) is 0 Å². The van der Waals surface area contributed by atoms with Gasteiger partial charge in [0.1, 0.15) is 0 Å². The Kier molecular flexibility index (Phi) is 4.02. The van der Waals surface area contributed by atoms with Crippen molar-refractivity contribution in [3.8, 4) is 0 Å². The molecule has 1 fully saturated rings. The molecule has 0 saturated carbocycles. The van der Waals surface area contributed by atoms with E-state index in [9.17, 15) is 0 Å². The molecule has 2 nitrogen and oxygen atoms in total. The highest BCUT2D eigenvalue weighted by atomic mass is 16.5. The summed E-state index contributed by atoms with van der Waals surface area (Å²) in [4.78, 5) is 2.51. The fourth-order valence-corrected chi connectivity index (χ4v) is 1.77. The molecule has 0 N–H and O–H groups in total. The summed E-state index contributed by atoms with van der Waals surface area (Å²) in [5.74, 6) is 1.76. The number of ether oxygens (including phenoxy) is 1. The van der Waals surface area contributed by atoms with Crippen LogP contribution in [0.5, 0.6) is 0 Å². The number of piperidine rings is 1. The predicted octanol–water partition coefficient (Wildman–Crippen LogP) is 1.61. The van der Waals surface area contributed by atoms with Crippen molar-refractivity contribution in [2.45, 2.75) is 20.3 Å². The Morgan fingerprint density at radius 1 is 1.33 bits per heavy atom. The highest BCUT2D eigenvalue weighted by molar-refractivity contribution is 4.74. The first-order valence-electron chi connectivity index (χ1n) is 4.95. The number of likely N-dealkylation sites (tertiary alicyclic amines) is 1. The smallest absolute Gasteiger partial charge is 0.0589 e. The van der Waals surface area contributed by atoms with Gasteiger partial charge in [-0.25, -0.2) is 0 Å². The van der Waals surface area contributed by atoms with E-state index in [1.54, 1.807) is 7.11 Å². The molecule has 12 heavy (non-hydrogen) atoms. The highest BCUT2D eigenvalue weighted by Gasteiger charge is 2.21. The molecule has 0 radical (unpaired) electrons. The minimum atomic E-state index is 0.857. The van der Waals surface area contributed by atoms with Crippen LogP contribution in [0.2, 0.25) is 0 Å². The maximum absolute atomic E-state index is 5.06. The Balaban J connectivity index is 2.21. The standard InChI is InChI=1S/C10H21NO/c1-9-4-5-11(6-7-12-3)8-10(9)2/h9-10H,4-8H2,1-3H3. The summed E-state index contributed by atoms with van der Waals surface area (Å²) in [5.41, 5.74) is 0. The van der Waals surface area contributed by atoms with Gasteiger partial charge in [0.25, 0.3) is 0 Å². The minimum absolute atomic E-state index is 0.857. The molecule has 0 aliphatic carbocycles. The predicted molar refractivity (Wildman–Crippen MR) is 51.3 cm³/mol. The highest BCUT2D eigenvalue weighted by Crippen LogP contribution is 2.21. The van der Waals surface area contributed by atoms with Gasteiger partial charge in [0.05, 0.1) is 6.61 Å². The van der Waals surface area contributed by atoms with E-state index in [2.05, 4.69) is 18.7 Å². The third-order valence-corrected chi connectivity index (χ3v) is 3.03. The average molecular weight is 171 g/mol. The van der Waals surface area contributed by atoms with E-state index in [0.29, 0.717) is 0 Å². The van der Waals surface area contributed by atoms with Gasteiger partial charge in [0.15, 0.2) is 0 Å². The lowest BCUT2D eigenvalue weighted by atomic mass is 9.89. The van der Waals surface area contributed by atoms with Gasteiger partial charge >= 0.3 is 0 Å². The molecule has 0 aromatic rings. The lowest BCUT2D eigenvalue weighted by molar-refractivity contribution is 0.0968. The Morgan fingerprint density at radius 2 is 2.08 bits per heavy atom. The maximum Gasteiger partial charge on any atom is 0.0589 e. The van der Waals surface area contributed by atoms with E-state index in [1.165, 1.54) is 19.5 Å². The molecular weight excluding hydrogens is 150 g/mol. The molecule has 1 aliphatic rings. The zero-order valence-corrected chi connectivity index (χ0v) is 8.55. The third-order valence-electron chi connectivity index (χ3n) is 3.03. The van der Waals surface area contributed by atoms with Crippen molar-refractivity contribution >= 4 is 0 Å². The Bertz CT molecular complexity index is 125. The molecule has 2 heteroatoms. The second kappa shape index (κ2) is 4.83. The van der Waals surface area contributed by atoms with Gasteiger partial charge in [-0.3, -0.25) is 0 Å². The fourth-order valence-electron chi connectivity index (χ4n) is 1.77. The van der Waals surface area contributed by atoms with Gasteiger partial charge in [0.2, 0.25) is 0 Å². The van der Waals surface area contributed by atoms with Crippen LogP contribution in [0.1, 0.15) is 20.3 Å². The maximum atomic E-state index is 5.06. The lowest BCUT2D eigenvalue weighted by Crippen LogP contribution is -2.39. The quantitative estimate of drug-likeness (QED) is 0.639. The van der Waals surface area contributed by atoms with E-state index in [4.69, 9.17) is 4.74 Å². The fraction of sp³-hybridized carbons (Fsp3) is 1.00. The van der Waals surface area contributed by atoms with Crippen LogP contribution in [0.3, 0.4) is 0 Å². The van der Waals surface area contributed by atoms with Gasteiger partial charge < -0.3 is 9.64 Å². The molecule has 1 heterocycles. The number of hydrogen-bond acceptors (Lipinski definition) is 2. The van der Waals surface area contributed by atoms with Crippen LogP contribution in [-0.2, 0) is 4.74 Å². The molecule has 2 unspecified atom stereocenters. The van der Waals surface area contributed by atoms with Gasteiger partial charge in [-0.05, 0) is 24.8 Å². The SMILES string of the molecule is COCCN1CCC(C)C(C)C1. The normalized spacial score (nSPS) is 32.2. The number of hydrogen-bond donors (Lipinski definition) is 0. The van der Waals surface area contributed by atoms with E-state index in [0.717, 1.165) is 25.0 Å². The van der Waals surface area contributed by atoms with E-state index in [-0.39, 0.29) is 0 Å². The first-order chi connectivity index (χ1) is 5.74. The lowest BCUT2D eigenvalue weighted by Gasteiger charge is -2.34. The second-order valence-corrected chi connectivity index (χ2v) is 4.04. The molecule has 72 valence electrons. The van der Waals surface area contributed by atoms with Crippen LogP contribution in [0.25, 0.3) is 0 Å². The van der Waals surface area contributed by atoms with Gasteiger partial charge in [-0.1, -0.05) is 13.8 Å². The average Bonchev–Trinajstić information content (AvgIpc) is 2.07. The van der Waals surface area contributed by atoms with Crippen LogP contribution in [0, 0.1) is 11.8 Å². The molecule has 0 bridgehead atoms. The zero-order chi connectivity index (χ0) is 8.97. The van der Waals surface area contributed by atoms with Crippen molar-refractivity contribution in [2.75, 3.05) is 33.4 Å².